The molecule has 0 fully saturated rings. The second kappa shape index (κ2) is 3.60. The van der Waals surface area contributed by atoms with E-state index in [4.69, 9.17) is 5.73 Å². The van der Waals surface area contributed by atoms with Crippen LogP contribution in [0.2, 0.25) is 0 Å². The summed E-state index contributed by atoms with van der Waals surface area (Å²) < 4.78 is 2.11. The highest BCUT2D eigenvalue weighted by molar-refractivity contribution is 7.14. The molecule has 0 bridgehead atoms. The number of nitrogen functional groups attached to an aromatic ring is 1. The van der Waals surface area contributed by atoms with Gasteiger partial charge in [-0.25, -0.2) is 4.98 Å². The van der Waals surface area contributed by atoms with Gasteiger partial charge in [0.1, 0.15) is 5.82 Å². The summed E-state index contributed by atoms with van der Waals surface area (Å²) >= 11 is 1.55. The smallest absolute Gasteiger partial charge is 0.143 e. The predicted octanol–water partition coefficient (Wildman–Crippen LogP) is 3.19. The van der Waals surface area contributed by atoms with Crippen molar-refractivity contribution in [1.82, 2.24) is 9.55 Å². The van der Waals surface area contributed by atoms with E-state index in [9.17, 15) is 0 Å². The van der Waals surface area contributed by atoms with Gasteiger partial charge in [0.25, 0.3) is 0 Å². The number of fused-ring (bicyclic) bond motifs is 1. The number of anilines is 1. The molecule has 86 valence electrons. The molecule has 3 aromatic rings. The van der Waals surface area contributed by atoms with E-state index >= 15 is 0 Å². The van der Waals surface area contributed by atoms with E-state index in [1.54, 1.807) is 11.3 Å². The van der Waals surface area contributed by atoms with Gasteiger partial charge in [-0.05, 0) is 30.0 Å². The molecule has 3 rings (SSSR count). The van der Waals surface area contributed by atoms with Crippen LogP contribution < -0.4 is 5.73 Å². The van der Waals surface area contributed by atoms with Gasteiger partial charge in [0, 0.05) is 7.05 Å². The molecule has 0 radical (unpaired) electrons. The summed E-state index contributed by atoms with van der Waals surface area (Å²) in [6, 6.07) is 8.20. The molecule has 2 aromatic heterocycles. The highest BCUT2D eigenvalue weighted by Crippen LogP contribution is 2.32. The molecule has 0 saturated heterocycles. The van der Waals surface area contributed by atoms with Crippen LogP contribution >= 0.6 is 11.3 Å². The maximum Gasteiger partial charge on any atom is 0.143 e. The molecule has 17 heavy (non-hydrogen) atoms. The first kappa shape index (κ1) is 10.4. The molecule has 0 unspecified atom stereocenters. The number of hydrogen-bond donors (Lipinski definition) is 1. The van der Waals surface area contributed by atoms with Crippen molar-refractivity contribution in [1.29, 1.82) is 0 Å². The lowest BCUT2D eigenvalue weighted by molar-refractivity contribution is 0.956. The van der Waals surface area contributed by atoms with Crippen LogP contribution in [0.15, 0.2) is 29.6 Å². The van der Waals surface area contributed by atoms with Crippen LogP contribution in [0.5, 0.6) is 0 Å². The fourth-order valence-electron chi connectivity index (χ4n) is 2.21. The first-order chi connectivity index (χ1) is 8.18. The number of benzene rings is 1. The molecular formula is C13H13N3S. The predicted molar refractivity (Wildman–Crippen MR) is 73.2 cm³/mol. The van der Waals surface area contributed by atoms with E-state index in [0.717, 1.165) is 21.9 Å². The summed E-state index contributed by atoms with van der Waals surface area (Å²) in [7, 11) is 2.04. The first-order valence-corrected chi connectivity index (χ1v) is 6.32. The SMILES string of the molecule is Cc1cccc2nc(-c3ccsc3N)n(C)c12. The van der Waals surface area contributed by atoms with Crippen molar-refractivity contribution >= 4 is 27.4 Å². The molecule has 0 aliphatic heterocycles. The van der Waals surface area contributed by atoms with Crippen molar-refractivity contribution in [3.63, 3.8) is 0 Å². The van der Waals surface area contributed by atoms with Crippen LogP contribution in [0.3, 0.4) is 0 Å². The van der Waals surface area contributed by atoms with Crippen molar-refractivity contribution < 1.29 is 0 Å². The highest BCUT2D eigenvalue weighted by Gasteiger charge is 2.13. The van der Waals surface area contributed by atoms with E-state index in [0.29, 0.717) is 0 Å². The van der Waals surface area contributed by atoms with Crippen molar-refractivity contribution in [3.05, 3.63) is 35.2 Å². The summed E-state index contributed by atoms with van der Waals surface area (Å²) in [6.07, 6.45) is 0. The second-order valence-electron chi connectivity index (χ2n) is 4.14. The average Bonchev–Trinajstić information content (AvgIpc) is 2.84. The van der Waals surface area contributed by atoms with Crippen LogP contribution in [-0.4, -0.2) is 9.55 Å². The van der Waals surface area contributed by atoms with Gasteiger partial charge in [0.05, 0.1) is 21.6 Å². The number of para-hydroxylation sites is 1. The highest BCUT2D eigenvalue weighted by atomic mass is 32.1. The zero-order valence-electron chi connectivity index (χ0n) is 9.77. The average molecular weight is 243 g/mol. The summed E-state index contributed by atoms with van der Waals surface area (Å²) in [4.78, 5) is 4.67. The van der Waals surface area contributed by atoms with Crippen LogP contribution in [-0.2, 0) is 7.05 Å². The molecule has 0 atom stereocenters. The van der Waals surface area contributed by atoms with Crippen molar-refractivity contribution in [2.75, 3.05) is 5.73 Å². The van der Waals surface area contributed by atoms with Gasteiger partial charge in [-0.2, -0.15) is 0 Å². The number of rotatable bonds is 1. The molecule has 3 nitrogen and oxygen atoms in total. The third kappa shape index (κ3) is 1.45. The van der Waals surface area contributed by atoms with Crippen molar-refractivity contribution in [3.8, 4) is 11.4 Å². The number of hydrogen-bond acceptors (Lipinski definition) is 3. The summed E-state index contributed by atoms with van der Waals surface area (Å²) in [6.45, 7) is 2.10. The van der Waals surface area contributed by atoms with Crippen LogP contribution in [0.1, 0.15) is 5.56 Å². The number of imidazole rings is 1. The van der Waals surface area contributed by atoms with Crippen LogP contribution in [0.4, 0.5) is 5.00 Å². The van der Waals surface area contributed by atoms with Gasteiger partial charge in [-0.1, -0.05) is 12.1 Å². The van der Waals surface area contributed by atoms with Crippen LogP contribution in [0, 0.1) is 6.92 Å². The fourth-order valence-corrected chi connectivity index (χ4v) is 2.85. The Morgan fingerprint density at radius 3 is 2.76 bits per heavy atom. The van der Waals surface area contributed by atoms with Gasteiger partial charge in [-0.3, -0.25) is 0 Å². The molecule has 0 aliphatic rings. The van der Waals surface area contributed by atoms with E-state index in [1.165, 1.54) is 11.1 Å². The molecule has 0 aliphatic carbocycles. The van der Waals surface area contributed by atoms with E-state index in [-0.39, 0.29) is 0 Å². The Morgan fingerprint density at radius 1 is 1.29 bits per heavy atom. The molecule has 2 N–H and O–H groups in total. The Morgan fingerprint density at radius 2 is 2.12 bits per heavy atom. The van der Waals surface area contributed by atoms with Gasteiger partial charge in [0.2, 0.25) is 0 Å². The molecule has 4 heteroatoms. The molecular weight excluding hydrogens is 230 g/mol. The Hall–Kier alpha value is -1.81. The lowest BCUT2D eigenvalue weighted by Crippen LogP contribution is -1.94. The van der Waals surface area contributed by atoms with Crippen molar-refractivity contribution in [2.45, 2.75) is 6.92 Å². The number of aryl methyl sites for hydroxylation is 2. The Balaban J connectivity index is 2.36. The summed E-state index contributed by atoms with van der Waals surface area (Å²) in [5.74, 6) is 0.938. The molecule has 0 spiro atoms. The largest absolute Gasteiger partial charge is 0.390 e. The Bertz CT molecular complexity index is 694. The number of nitrogens with zero attached hydrogens (tertiary/aromatic N) is 2. The van der Waals surface area contributed by atoms with E-state index in [1.807, 2.05) is 30.6 Å². The minimum Gasteiger partial charge on any atom is -0.390 e. The van der Waals surface area contributed by atoms with E-state index < -0.39 is 0 Å². The lowest BCUT2D eigenvalue weighted by Gasteiger charge is -2.02. The van der Waals surface area contributed by atoms with Gasteiger partial charge in [0.15, 0.2) is 0 Å². The number of thiophene rings is 1. The Kier molecular flexibility index (Phi) is 2.19. The van der Waals surface area contributed by atoms with Crippen LogP contribution in [0.25, 0.3) is 22.4 Å². The Labute approximate surface area is 104 Å². The third-order valence-electron chi connectivity index (χ3n) is 3.03. The van der Waals surface area contributed by atoms with E-state index in [2.05, 4.69) is 22.5 Å². The van der Waals surface area contributed by atoms with Gasteiger partial charge >= 0.3 is 0 Å². The molecule has 2 heterocycles. The molecule has 0 saturated carbocycles. The minimum absolute atomic E-state index is 0.820. The monoisotopic (exact) mass is 243 g/mol. The zero-order chi connectivity index (χ0) is 12.0. The third-order valence-corrected chi connectivity index (χ3v) is 3.78. The maximum atomic E-state index is 5.97. The first-order valence-electron chi connectivity index (χ1n) is 5.44. The fraction of sp³-hybridized carbons (Fsp3) is 0.154. The maximum absolute atomic E-state index is 5.97. The molecule has 1 aromatic carbocycles. The zero-order valence-corrected chi connectivity index (χ0v) is 10.6. The number of aromatic nitrogens is 2. The standard InChI is InChI=1S/C13H13N3S/c1-8-4-3-5-10-11(8)16(2)13(15-10)9-6-7-17-12(9)14/h3-7H,14H2,1-2H3. The molecule has 0 amide bonds. The normalized spacial score (nSPS) is 11.2. The van der Waals surface area contributed by atoms with Gasteiger partial charge in [-0.15, -0.1) is 11.3 Å². The van der Waals surface area contributed by atoms with Crippen molar-refractivity contribution in [2.24, 2.45) is 7.05 Å². The summed E-state index contributed by atoms with van der Waals surface area (Å²) in [5.41, 5.74) is 10.4. The quantitative estimate of drug-likeness (QED) is 0.713. The second-order valence-corrected chi connectivity index (χ2v) is 5.08. The number of nitrogens with two attached hydrogens (primary N) is 1. The minimum atomic E-state index is 0.820. The topological polar surface area (TPSA) is 43.8 Å². The lowest BCUT2D eigenvalue weighted by atomic mass is 10.2. The van der Waals surface area contributed by atoms with Gasteiger partial charge < -0.3 is 10.3 Å². The summed E-state index contributed by atoms with van der Waals surface area (Å²) in [5, 5.41) is 2.82.